The van der Waals surface area contributed by atoms with Crippen LogP contribution in [0.3, 0.4) is 0 Å². The zero-order valence-electron chi connectivity index (χ0n) is 10.7. The Hall–Kier alpha value is 1.08. The van der Waals surface area contributed by atoms with Gasteiger partial charge in [0, 0.05) is 0 Å². The molecule has 0 rings (SSSR count). The van der Waals surface area contributed by atoms with Gasteiger partial charge >= 0.3 is 120 Å². The summed E-state index contributed by atoms with van der Waals surface area (Å²) in [5.41, 5.74) is 0. The van der Waals surface area contributed by atoms with Crippen molar-refractivity contribution >= 4 is 42.0 Å². The van der Waals surface area contributed by atoms with Crippen molar-refractivity contribution in [1.82, 2.24) is 0 Å². The van der Waals surface area contributed by atoms with E-state index in [-0.39, 0.29) is 11.7 Å². The number of hydrogen-bond acceptors (Lipinski definition) is 0. The van der Waals surface area contributed by atoms with Crippen LogP contribution in [0.5, 0.6) is 0 Å². The normalized spacial score (nSPS) is 23.2. The van der Waals surface area contributed by atoms with Crippen LogP contribution in [0.1, 0.15) is 40.5 Å². The molecule has 4 heteroatoms. The van der Waals surface area contributed by atoms with E-state index in [9.17, 15) is 4.39 Å². The topological polar surface area (TPSA) is 0 Å². The maximum absolute atomic E-state index is 14.0. The van der Waals surface area contributed by atoms with Crippen LogP contribution in [0, 0.1) is 11.8 Å². The van der Waals surface area contributed by atoms with E-state index in [1.165, 1.54) is 6.42 Å². The predicted molar refractivity (Wildman–Crippen MR) is 72.5 cm³/mol. The maximum atomic E-state index is 14.0. The van der Waals surface area contributed by atoms with E-state index in [0.29, 0.717) is 5.92 Å². The van der Waals surface area contributed by atoms with Gasteiger partial charge < -0.3 is 0 Å². The molecule has 0 saturated carbocycles. The van der Waals surface area contributed by atoms with Gasteiger partial charge in [0.25, 0.3) is 0 Å². The first-order valence-corrected chi connectivity index (χ1v) is 8.10. The summed E-state index contributed by atoms with van der Waals surface area (Å²) in [6.07, 6.45) is 1.26. The van der Waals surface area contributed by atoms with E-state index < -0.39 is 11.5 Å². The molecule has 0 aliphatic rings. The van der Waals surface area contributed by atoms with Gasteiger partial charge in [-0.25, -0.2) is 0 Å². The zero-order valence-corrected chi connectivity index (χ0v) is 14.3. The fraction of sp³-hybridized carbons (Fsp3) is 1.00. The van der Waals surface area contributed by atoms with Crippen LogP contribution in [0.2, 0.25) is 9.75 Å². The SMILES string of the molecule is [B]C(C)C(Cl)C(F)C(C)C(C)CC[CH](C)[Sn]. The van der Waals surface area contributed by atoms with Gasteiger partial charge in [0.1, 0.15) is 0 Å². The first kappa shape index (κ1) is 17.1. The van der Waals surface area contributed by atoms with E-state index in [2.05, 4.69) is 13.8 Å². The molecule has 0 aliphatic carbocycles. The van der Waals surface area contributed by atoms with Gasteiger partial charge in [-0.2, -0.15) is 0 Å². The Labute approximate surface area is 120 Å². The summed E-state index contributed by atoms with van der Waals surface area (Å²) < 4.78 is 14.8. The molecule has 0 nitrogen and oxygen atoms in total. The molecule has 0 amide bonds. The molecule has 6 atom stereocenters. The molecule has 91 valence electrons. The quantitative estimate of drug-likeness (QED) is 0.482. The van der Waals surface area contributed by atoms with Gasteiger partial charge in [-0.15, -0.1) is 0 Å². The number of hydrogen-bond donors (Lipinski definition) is 0. The molecule has 0 saturated heterocycles. The molecule has 6 unspecified atom stereocenters. The Kier molecular flexibility index (Phi) is 8.79. The van der Waals surface area contributed by atoms with Crippen molar-refractivity contribution in [2.45, 2.75) is 61.8 Å². The third-order valence-corrected chi connectivity index (χ3v) is 4.72. The molecular weight excluding hydrogens is 328 g/mol. The Morgan fingerprint density at radius 2 is 1.69 bits per heavy atom. The van der Waals surface area contributed by atoms with Gasteiger partial charge in [-0.1, -0.05) is 0 Å². The Bertz CT molecular complexity index is 190. The summed E-state index contributed by atoms with van der Waals surface area (Å²) in [5.74, 6) is 0.0715. The van der Waals surface area contributed by atoms with Crippen LogP contribution in [0.25, 0.3) is 0 Å². The second-order valence-electron chi connectivity index (χ2n) is 5.06. The van der Waals surface area contributed by atoms with Crippen molar-refractivity contribution in [1.29, 1.82) is 0 Å². The Balaban J connectivity index is 4.15. The zero-order chi connectivity index (χ0) is 12.9. The van der Waals surface area contributed by atoms with E-state index in [4.69, 9.17) is 19.4 Å². The monoisotopic (exact) mass is 351 g/mol. The van der Waals surface area contributed by atoms with Gasteiger partial charge in [-0.3, -0.25) is 0 Å². The molecule has 0 fully saturated rings. The molecule has 0 aliphatic heterocycles. The summed E-state index contributed by atoms with van der Waals surface area (Å²) in [7, 11) is 5.63. The molecule has 0 spiro atoms. The molecule has 0 aromatic carbocycles. The average molecular weight is 350 g/mol. The molecular formula is C12H22BClFSn. The van der Waals surface area contributed by atoms with Gasteiger partial charge in [0.05, 0.1) is 0 Å². The predicted octanol–water partition coefficient (Wildman–Crippen LogP) is 3.94. The molecule has 0 aromatic rings. The Morgan fingerprint density at radius 1 is 1.19 bits per heavy atom. The molecule has 16 heavy (non-hydrogen) atoms. The fourth-order valence-electron chi connectivity index (χ4n) is 1.67. The van der Waals surface area contributed by atoms with Crippen LogP contribution in [-0.4, -0.2) is 41.9 Å². The molecule has 0 heterocycles. The van der Waals surface area contributed by atoms with Crippen LogP contribution < -0.4 is 0 Å². The standard InChI is InChI=1S/C12H22BClF.Sn/c1-5-6-7-8(2)9(3)12(15)11(14)10(4)13;/h5,8-12H,6-7H2,1-4H3;. The second-order valence-corrected chi connectivity index (χ2v) is 8.38. The minimum atomic E-state index is -1.00. The average Bonchev–Trinajstić information content (AvgIpc) is 2.22. The van der Waals surface area contributed by atoms with Crippen LogP contribution >= 0.6 is 11.6 Å². The fourth-order valence-corrected chi connectivity index (χ4v) is 2.37. The summed E-state index contributed by atoms with van der Waals surface area (Å²) in [4.78, 5) is 0. The van der Waals surface area contributed by atoms with E-state index in [0.717, 1.165) is 10.4 Å². The molecule has 0 bridgehead atoms. The van der Waals surface area contributed by atoms with Crippen LogP contribution in [0.4, 0.5) is 4.39 Å². The summed E-state index contributed by atoms with van der Waals surface area (Å²) in [6.45, 7) is 8.05. The van der Waals surface area contributed by atoms with Crippen molar-refractivity contribution in [2.75, 3.05) is 0 Å². The molecule has 5 radical (unpaired) electrons. The first-order chi connectivity index (χ1) is 7.27. The third-order valence-electron chi connectivity index (χ3n) is 3.26. The van der Waals surface area contributed by atoms with Crippen molar-refractivity contribution in [3.05, 3.63) is 0 Å². The number of rotatable bonds is 7. The molecule has 0 aromatic heterocycles. The minimum absolute atomic E-state index is 0.0111. The van der Waals surface area contributed by atoms with Gasteiger partial charge in [-0.05, 0) is 0 Å². The summed E-state index contributed by atoms with van der Waals surface area (Å²) in [6, 6.07) is 0. The van der Waals surface area contributed by atoms with Crippen LogP contribution in [-0.2, 0) is 0 Å². The number of alkyl halides is 2. The second kappa shape index (κ2) is 8.23. The Morgan fingerprint density at radius 3 is 2.06 bits per heavy atom. The third kappa shape index (κ3) is 6.13. The van der Waals surface area contributed by atoms with Crippen molar-refractivity contribution in [3.8, 4) is 0 Å². The van der Waals surface area contributed by atoms with E-state index in [1.807, 2.05) is 6.92 Å². The van der Waals surface area contributed by atoms with Crippen LogP contribution in [0.15, 0.2) is 0 Å². The number of halogens is 2. The summed E-state index contributed by atoms with van der Waals surface area (Å²) in [5, 5.41) is -0.567. The van der Waals surface area contributed by atoms with Gasteiger partial charge in [0.2, 0.25) is 0 Å². The molecule has 0 N–H and O–H groups in total. The van der Waals surface area contributed by atoms with Crippen molar-refractivity contribution < 1.29 is 4.39 Å². The van der Waals surface area contributed by atoms with Crippen molar-refractivity contribution in [2.24, 2.45) is 11.8 Å². The van der Waals surface area contributed by atoms with E-state index in [1.54, 1.807) is 29.4 Å². The summed E-state index contributed by atoms with van der Waals surface area (Å²) >= 11 is 7.53. The first-order valence-electron chi connectivity index (χ1n) is 6.02. The van der Waals surface area contributed by atoms with E-state index >= 15 is 0 Å². The van der Waals surface area contributed by atoms with Gasteiger partial charge in [0.15, 0.2) is 0 Å². The van der Waals surface area contributed by atoms with Crippen molar-refractivity contribution in [3.63, 3.8) is 0 Å².